The molecule has 0 aliphatic heterocycles. The highest BCUT2D eigenvalue weighted by Gasteiger charge is 2.10. The van der Waals surface area contributed by atoms with Crippen LogP contribution in [0.5, 0.6) is 0 Å². The first kappa shape index (κ1) is 21.5. The normalized spacial score (nSPS) is 10.8. The van der Waals surface area contributed by atoms with Gasteiger partial charge in [-0.05, 0) is 6.07 Å². The van der Waals surface area contributed by atoms with Crippen molar-refractivity contribution in [3.63, 3.8) is 0 Å². The van der Waals surface area contributed by atoms with Gasteiger partial charge in [0.1, 0.15) is 12.4 Å². The molecule has 0 unspecified atom stereocenters. The summed E-state index contributed by atoms with van der Waals surface area (Å²) in [6, 6.07) is 3.61. The summed E-state index contributed by atoms with van der Waals surface area (Å²) in [7, 11) is -1.66. The lowest BCUT2D eigenvalue weighted by atomic mass is 10.2. The Morgan fingerprint density at radius 3 is 2.54 bits per heavy atom. The summed E-state index contributed by atoms with van der Waals surface area (Å²) in [6.45, 7) is 1.42. The van der Waals surface area contributed by atoms with Crippen molar-refractivity contribution in [2.45, 2.75) is 13.0 Å². The smallest absolute Gasteiger partial charge is 0.272 e. The van der Waals surface area contributed by atoms with Gasteiger partial charge in [0.25, 0.3) is 5.69 Å². The summed E-state index contributed by atoms with van der Waals surface area (Å²) in [5.74, 6) is -0.605. The van der Waals surface area contributed by atoms with Crippen molar-refractivity contribution in [2.24, 2.45) is 7.05 Å². The summed E-state index contributed by atoms with van der Waals surface area (Å²) >= 11 is 0. The summed E-state index contributed by atoms with van der Waals surface area (Å²) in [5.41, 5.74) is 0.0431. The van der Waals surface area contributed by atoms with E-state index in [4.69, 9.17) is 0 Å². The third kappa shape index (κ3) is 8.00. The van der Waals surface area contributed by atoms with Gasteiger partial charge in [-0.1, -0.05) is 0 Å². The largest absolute Gasteiger partial charge is 0.726 e. The Morgan fingerprint density at radius 2 is 2.08 bits per heavy atom. The zero-order valence-electron chi connectivity index (χ0n) is 14.2. The number of nitro groups is 1. The van der Waals surface area contributed by atoms with Crippen LogP contribution in [0.15, 0.2) is 36.9 Å². The van der Waals surface area contributed by atoms with E-state index < -0.39 is 21.1 Å². The average Bonchev–Trinajstić information content (AvgIpc) is 2.98. The molecule has 0 saturated carbocycles. The molecular formula is C14H19FN4O6S. The fourth-order valence-corrected chi connectivity index (χ4v) is 1.88. The van der Waals surface area contributed by atoms with Crippen LogP contribution in [0.25, 0.3) is 0 Å². The molecule has 0 bridgehead atoms. The molecule has 0 aliphatic carbocycles. The highest BCUT2D eigenvalue weighted by molar-refractivity contribution is 7.80. The van der Waals surface area contributed by atoms with Gasteiger partial charge in [-0.15, -0.1) is 0 Å². The first-order valence-corrected chi connectivity index (χ1v) is 8.66. The van der Waals surface area contributed by atoms with Crippen molar-refractivity contribution < 1.29 is 31.0 Å². The molecule has 10 nitrogen and oxygen atoms in total. The van der Waals surface area contributed by atoms with Crippen molar-refractivity contribution in [3.8, 4) is 0 Å². The van der Waals surface area contributed by atoms with Crippen LogP contribution >= 0.6 is 0 Å². The maximum Gasteiger partial charge on any atom is 0.272 e. The van der Waals surface area contributed by atoms with Gasteiger partial charge in [-0.2, -0.15) is 0 Å². The van der Waals surface area contributed by atoms with E-state index in [2.05, 4.69) is 9.50 Å². The predicted molar refractivity (Wildman–Crippen MR) is 88.5 cm³/mol. The van der Waals surface area contributed by atoms with Gasteiger partial charge in [0.05, 0.1) is 37.4 Å². The molecule has 1 aromatic carbocycles. The average molecular weight is 390 g/mol. The van der Waals surface area contributed by atoms with E-state index in [1.807, 2.05) is 34.9 Å². The molecule has 26 heavy (non-hydrogen) atoms. The quantitative estimate of drug-likeness (QED) is 0.186. The second kappa shape index (κ2) is 9.79. The third-order valence-electron chi connectivity index (χ3n) is 3.10. The van der Waals surface area contributed by atoms with E-state index >= 15 is 0 Å². The van der Waals surface area contributed by atoms with Crippen molar-refractivity contribution in [1.82, 2.24) is 4.57 Å². The van der Waals surface area contributed by atoms with Crippen LogP contribution in [-0.4, -0.2) is 36.1 Å². The number of non-ortho nitro benzene ring substituents is 1. The minimum atomic E-state index is -4.41. The minimum Gasteiger partial charge on any atom is -0.726 e. The van der Waals surface area contributed by atoms with Crippen LogP contribution in [0, 0.1) is 15.9 Å². The SMILES string of the molecule is COS(=O)(=O)[O-].C[n+]1ccn(CCCNc2ccc([N+](=O)[O-])cc2F)c1. The number of aryl methyl sites for hydroxylation is 2. The summed E-state index contributed by atoms with van der Waals surface area (Å²) in [5, 5.41) is 13.4. The molecule has 0 fully saturated rings. The molecule has 0 saturated heterocycles. The Kier molecular flexibility index (Phi) is 8.09. The van der Waals surface area contributed by atoms with E-state index in [0.717, 1.165) is 26.1 Å². The number of imidazole rings is 1. The first-order valence-electron chi connectivity index (χ1n) is 7.32. The number of halogens is 1. The molecular weight excluding hydrogens is 371 g/mol. The molecule has 1 aromatic heterocycles. The van der Waals surface area contributed by atoms with Gasteiger partial charge >= 0.3 is 0 Å². The number of hydrogen-bond acceptors (Lipinski definition) is 7. The van der Waals surface area contributed by atoms with E-state index in [-0.39, 0.29) is 11.4 Å². The number of benzene rings is 1. The van der Waals surface area contributed by atoms with Gasteiger partial charge in [-0.3, -0.25) is 14.3 Å². The molecule has 2 aromatic rings. The highest BCUT2D eigenvalue weighted by atomic mass is 32.3. The molecule has 2 rings (SSSR count). The topological polar surface area (TPSA) is 130 Å². The van der Waals surface area contributed by atoms with Crippen molar-refractivity contribution >= 4 is 21.8 Å². The first-order chi connectivity index (χ1) is 12.1. The third-order valence-corrected chi connectivity index (χ3v) is 3.51. The van der Waals surface area contributed by atoms with Crippen molar-refractivity contribution in [1.29, 1.82) is 0 Å². The van der Waals surface area contributed by atoms with Gasteiger partial charge in [0.2, 0.25) is 16.7 Å². The van der Waals surface area contributed by atoms with Gasteiger partial charge < -0.3 is 9.87 Å². The molecule has 12 heteroatoms. The van der Waals surface area contributed by atoms with Crippen LogP contribution in [0.2, 0.25) is 0 Å². The maximum absolute atomic E-state index is 13.6. The summed E-state index contributed by atoms with van der Waals surface area (Å²) in [4.78, 5) is 9.89. The van der Waals surface area contributed by atoms with E-state index in [1.165, 1.54) is 12.1 Å². The highest BCUT2D eigenvalue weighted by Crippen LogP contribution is 2.20. The lowest BCUT2D eigenvalue weighted by molar-refractivity contribution is -0.671. The predicted octanol–water partition coefficient (Wildman–Crippen LogP) is 0.955. The number of hydrogen-bond donors (Lipinski definition) is 1. The van der Waals surface area contributed by atoms with Gasteiger partial charge in [0, 0.05) is 19.0 Å². The Bertz CT molecular complexity index is 840. The lowest BCUT2D eigenvalue weighted by Gasteiger charge is -2.06. The second-order valence-corrected chi connectivity index (χ2v) is 6.24. The number of rotatable bonds is 7. The minimum absolute atomic E-state index is 0.243. The molecule has 1 N–H and O–H groups in total. The van der Waals surface area contributed by atoms with Crippen LogP contribution in [0.3, 0.4) is 0 Å². The number of nitrogens with zero attached hydrogens (tertiary/aromatic N) is 3. The number of nitro benzene ring substituents is 1. The number of aromatic nitrogens is 2. The van der Waals surface area contributed by atoms with E-state index in [9.17, 15) is 27.5 Å². The van der Waals surface area contributed by atoms with Crippen LogP contribution in [0.1, 0.15) is 6.42 Å². The summed E-state index contributed by atoms with van der Waals surface area (Å²) in [6.07, 6.45) is 6.70. The fourth-order valence-electron chi connectivity index (χ4n) is 1.88. The number of nitrogens with one attached hydrogen (secondary N) is 1. The molecule has 144 valence electrons. The molecule has 0 aliphatic rings. The van der Waals surface area contributed by atoms with Crippen molar-refractivity contribution in [3.05, 3.63) is 52.9 Å². The maximum atomic E-state index is 13.6. The lowest BCUT2D eigenvalue weighted by Crippen LogP contribution is -2.23. The second-order valence-electron chi connectivity index (χ2n) is 5.09. The Balaban J connectivity index is 0.000000487. The summed E-state index contributed by atoms with van der Waals surface area (Å²) < 4.78 is 48.6. The molecule has 0 spiro atoms. The van der Waals surface area contributed by atoms with Crippen LogP contribution < -0.4 is 9.88 Å². The Morgan fingerprint density at radius 1 is 1.42 bits per heavy atom. The van der Waals surface area contributed by atoms with Gasteiger partial charge in [0.15, 0.2) is 5.82 Å². The van der Waals surface area contributed by atoms with Crippen LogP contribution in [-0.2, 0) is 28.2 Å². The molecule has 1 heterocycles. The van der Waals surface area contributed by atoms with Crippen molar-refractivity contribution in [2.75, 3.05) is 19.0 Å². The molecule has 0 atom stereocenters. The van der Waals surface area contributed by atoms with E-state index in [0.29, 0.717) is 6.54 Å². The standard InChI is InChI=1S/C13H16FN4O2.CH4O4S/c1-16-7-8-17(10-16)6-2-5-15-13-4-3-11(18(19)20)9-12(13)14;1-5-6(2,3)4/h3-4,7-10,15H,2,5-6H2,1H3;1H3,(H,2,3,4)/q+1;/p-1. The van der Waals surface area contributed by atoms with Crippen LogP contribution in [0.4, 0.5) is 15.8 Å². The van der Waals surface area contributed by atoms with E-state index in [1.54, 1.807) is 0 Å². The fraction of sp³-hybridized carbons (Fsp3) is 0.357. The Hall–Kier alpha value is -2.57. The zero-order valence-corrected chi connectivity index (χ0v) is 15.0. The zero-order chi connectivity index (χ0) is 19.7. The Labute approximate surface area is 149 Å². The monoisotopic (exact) mass is 390 g/mol. The van der Waals surface area contributed by atoms with Gasteiger partial charge in [-0.25, -0.2) is 21.9 Å². The molecule has 0 amide bonds. The molecule has 0 radical (unpaired) electrons. The number of anilines is 1.